The number of nitrogens with zero attached hydrogens (tertiary/aromatic N) is 1. The Labute approximate surface area is 263 Å². The van der Waals surface area contributed by atoms with E-state index in [1.165, 1.54) is 148 Å². The zero-order chi connectivity index (χ0) is 30.4. The van der Waals surface area contributed by atoms with Crippen LogP contribution in [0, 0.1) is 0 Å². The van der Waals surface area contributed by atoms with E-state index in [9.17, 15) is 9.90 Å². The molecule has 1 rings (SSSR count). The van der Waals surface area contributed by atoms with Gasteiger partial charge in [-0.05, 0) is 51.6 Å². The zero-order valence-electron chi connectivity index (χ0n) is 28.5. The fourth-order valence-electron chi connectivity index (χ4n) is 6.36. The molecule has 1 heterocycles. The van der Waals surface area contributed by atoms with Crippen molar-refractivity contribution in [2.45, 2.75) is 206 Å². The Morgan fingerprint density at radius 1 is 0.643 bits per heavy atom. The summed E-state index contributed by atoms with van der Waals surface area (Å²) in [6.45, 7) is 7.52. The molecule has 4 nitrogen and oxygen atoms in total. The summed E-state index contributed by atoms with van der Waals surface area (Å²) >= 11 is 0. The predicted molar refractivity (Wildman–Crippen MR) is 184 cm³/mol. The van der Waals surface area contributed by atoms with Gasteiger partial charge in [0, 0.05) is 13.0 Å². The number of amides is 1. The lowest BCUT2D eigenvalue weighted by Gasteiger charge is -2.28. The molecule has 42 heavy (non-hydrogen) atoms. The summed E-state index contributed by atoms with van der Waals surface area (Å²) in [7, 11) is 0. The van der Waals surface area contributed by atoms with Crippen LogP contribution in [0.3, 0.4) is 0 Å². The first-order valence-electron chi connectivity index (χ1n) is 19.0. The molecule has 0 spiro atoms. The van der Waals surface area contributed by atoms with Crippen LogP contribution in [0.4, 0.5) is 0 Å². The fourth-order valence-corrected chi connectivity index (χ4v) is 6.36. The van der Waals surface area contributed by atoms with E-state index in [1.54, 1.807) is 0 Å². The number of aliphatic hydroxyl groups excluding tert-OH is 1. The molecule has 0 radical (unpaired) electrons. The van der Waals surface area contributed by atoms with Crippen LogP contribution in [0.1, 0.15) is 194 Å². The van der Waals surface area contributed by atoms with Gasteiger partial charge in [-0.2, -0.15) is 0 Å². The van der Waals surface area contributed by atoms with Gasteiger partial charge in [-0.25, -0.2) is 0 Å². The number of carbonyl (C=O) groups is 1. The maximum atomic E-state index is 12.8. The van der Waals surface area contributed by atoms with Crippen molar-refractivity contribution in [3.63, 3.8) is 0 Å². The Hall–Kier alpha value is -0.870. The molecule has 248 valence electrons. The van der Waals surface area contributed by atoms with Crippen molar-refractivity contribution in [3.05, 3.63) is 12.2 Å². The van der Waals surface area contributed by atoms with Crippen molar-refractivity contribution in [1.29, 1.82) is 0 Å². The van der Waals surface area contributed by atoms with Crippen LogP contribution in [0.15, 0.2) is 12.2 Å². The topological polar surface area (TPSA) is 52.6 Å². The smallest absolute Gasteiger partial charge is 0.220 e. The zero-order valence-corrected chi connectivity index (χ0v) is 28.5. The quantitative estimate of drug-likeness (QED) is 0.0624. The number of likely N-dealkylation sites (tertiary alicyclic amines) is 1. The molecule has 1 fully saturated rings. The predicted octanol–water partition coefficient (Wildman–Crippen LogP) is 10.7. The minimum Gasteiger partial charge on any atom is -0.391 e. The maximum Gasteiger partial charge on any atom is 0.220 e. The highest BCUT2D eigenvalue weighted by Crippen LogP contribution is 2.15. The Kier molecular flexibility index (Phi) is 28.1. The van der Waals surface area contributed by atoms with Gasteiger partial charge in [-0.15, -0.1) is 0 Å². The van der Waals surface area contributed by atoms with Gasteiger partial charge in [0.15, 0.2) is 0 Å². The minimum absolute atomic E-state index is 0.121. The number of unbranched alkanes of at least 4 members (excludes halogenated alkanes) is 22. The Balaban J connectivity index is 2.13. The van der Waals surface area contributed by atoms with Crippen LogP contribution in [-0.2, 0) is 4.79 Å². The molecule has 1 aliphatic heterocycles. The monoisotopic (exact) mass is 591 g/mol. The van der Waals surface area contributed by atoms with E-state index < -0.39 is 6.10 Å². The molecular formula is C38H74N2O2. The van der Waals surface area contributed by atoms with E-state index in [4.69, 9.17) is 0 Å². The van der Waals surface area contributed by atoms with Crippen molar-refractivity contribution in [2.24, 2.45) is 0 Å². The molecule has 1 aliphatic rings. The SMILES string of the molecule is CCCCCCCCCCCCC=CC[C@@H](O)[C@@H](CN1CCCC1)NC(=O)CCCCCCCCCCCCCCC. The highest BCUT2D eigenvalue weighted by Gasteiger charge is 2.24. The highest BCUT2D eigenvalue weighted by atomic mass is 16.3. The standard InChI is InChI=1S/C38H74N2O2/c1-3-5-7-9-11-13-15-17-19-21-23-25-27-31-37(41)36(35-40-33-29-30-34-40)39-38(42)32-28-26-24-22-20-18-16-14-12-10-8-6-4-2/h25,27,36-37,41H,3-24,26,28-35H2,1-2H3,(H,39,42)/t36-,37-/m1/s1. The summed E-state index contributed by atoms with van der Waals surface area (Å²) in [6, 6.07) is -0.167. The van der Waals surface area contributed by atoms with Gasteiger partial charge in [-0.1, -0.05) is 161 Å². The minimum atomic E-state index is -0.509. The van der Waals surface area contributed by atoms with Crippen molar-refractivity contribution in [1.82, 2.24) is 10.2 Å². The normalized spacial score (nSPS) is 15.5. The first-order chi connectivity index (χ1) is 20.7. The van der Waals surface area contributed by atoms with Gasteiger partial charge in [-0.3, -0.25) is 4.79 Å². The van der Waals surface area contributed by atoms with Crippen molar-refractivity contribution < 1.29 is 9.90 Å². The summed E-state index contributed by atoms with van der Waals surface area (Å²) in [4.78, 5) is 15.2. The number of hydrogen-bond acceptors (Lipinski definition) is 3. The second-order valence-corrected chi connectivity index (χ2v) is 13.4. The third-order valence-electron chi connectivity index (χ3n) is 9.24. The molecule has 0 aliphatic carbocycles. The second kappa shape index (κ2) is 30.2. The van der Waals surface area contributed by atoms with Gasteiger partial charge in [0.1, 0.15) is 0 Å². The van der Waals surface area contributed by atoms with Gasteiger partial charge < -0.3 is 15.3 Å². The number of allylic oxidation sites excluding steroid dienone is 1. The lowest BCUT2D eigenvalue weighted by molar-refractivity contribution is -0.123. The highest BCUT2D eigenvalue weighted by molar-refractivity contribution is 5.76. The molecule has 2 atom stereocenters. The maximum absolute atomic E-state index is 12.8. The Bertz CT molecular complexity index is 602. The van der Waals surface area contributed by atoms with E-state index in [2.05, 4.69) is 36.2 Å². The number of rotatable bonds is 31. The van der Waals surface area contributed by atoms with E-state index in [1.807, 2.05) is 0 Å². The summed E-state index contributed by atoms with van der Waals surface area (Å²) in [6.07, 6.45) is 39.5. The molecule has 0 unspecified atom stereocenters. The van der Waals surface area contributed by atoms with E-state index in [-0.39, 0.29) is 11.9 Å². The summed E-state index contributed by atoms with van der Waals surface area (Å²) in [5, 5.41) is 14.2. The van der Waals surface area contributed by atoms with Crippen LogP contribution in [0.5, 0.6) is 0 Å². The van der Waals surface area contributed by atoms with E-state index >= 15 is 0 Å². The first kappa shape index (κ1) is 39.2. The summed E-state index contributed by atoms with van der Waals surface area (Å²) < 4.78 is 0. The van der Waals surface area contributed by atoms with Gasteiger partial charge in [0.2, 0.25) is 5.91 Å². The number of carbonyl (C=O) groups excluding carboxylic acids is 1. The van der Waals surface area contributed by atoms with Crippen LogP contribution in [0.2, 0.25) is 0 Å². The Morgan fingerprint density at radius 3 is 1.55 bits per heavy atom. The van der Waals surface area contributed by atoms with Crippen molar-refractivity contribution in [3.8, 4) is 0 Å². The van der Waals surface area contributed by atoms with Crippen LogP contribution in [-0.4, -0.2) is 47.7 Å². The molecular weight excluding hydrogens is 516 g/mol. The van der Waals surface area contributed by atoms with E-state index in [0.29, 0.717) is 12.8 Å². The largest absolute Gasteiger partial charge is 0.391 e. The molecule has 0 aromatic carbocycles. The first-order valence-corrected chi connectivity index (χ1v) is 19.0. The third-order valence-corrected chi connectivity index (χ3v) is 9.24. The number of hydrogen-bond donors (Lipinski definition) is 2. The second-order valence-electron chi connectivity index (χ2n) is 13.4. The fraction of sp³-hybridized carbons (Fsp3) is 0.921. The van der Waals surface area contributed by atoms with Crippen LogP contribution < -0.4 is 5.32 Å². The molecule has 0 bridgehead atoms. The van der Waals surface area contributed by atoms with Crippen molar-refractivity contribution in [2.75, 3.05) is 19.6 Å². The molecule has 4 heteroatoms. The Morgan fingerprint density at radius 2 is 1.07 bits per heavy atom. The van der Waals surface area contributed by atoms with Gasteiger partial charge in [0.05, 0.1) is 12.1 Å². The van der Waals surface area contributed by atoms with Crippen molar-refractivity contribution >= 4 is 5.91 Å². The summed E-state index contributed by atoms with van der Waals surface area (Å²) in [5.41, 5.74) is 0. The van der Waals surface area contributed by atoms with E-state index in [0.717, 1.165) is 38.9 Å². The van der Waals surface area contributed by atoms with Gasteiger partial charge in [0.25, 0.3) is 0 Å². The molecule has 0 saturated carbocycles. The molecule has 0 aromatic rings. The van der Waals surface area contributed by atoms with Gasteiger partial charge >= 0.3 is 0 Å². The number of aliphatic hydroxyl groups is 1. The molecule has 1 saturated heterocycles. The lowest BCUT2D eigenvalue weighted by Crippen LogP contribution is -2.49. The molecule has 0 aromatic heterocycles. The summed E-state index contributed by atoms with van der Waals surface area (Å²) in [5.74, 6) is 0.121. The molecule has 2 N–H and O–H groups in total. The average Bonchev–Trinajstić information content (AvgIpc) is 3.50. The number of nitrogens with one attached hydrogen (secondary N) is 1. The van der Waals surface area contributed by atoms with Crippen LogP contribution >= 0.6 is 0 Å². The third kappa shape index (κ3) is 24.6. The average molecular weight is 591 g/mol. The van der Waals surface area contributed by atoms with Crippen LogP contribution in [0.25, 0.3) is 0 Å². The molecule has 1 amide bonds. The lowest BCUT2D eigenvalue weighted by atomic mass is 10.0.